The van der Waals surface area contributed by atoms with Gasteiger partial charge in [0, 0.05) is 24.7 Å². The molecule has 134 valence electrons. The molecule has 2 N–H and O–H groups in total. The number of nitrogens with one attached hydrogen (secondary N) is 2. The second-order valence-corrected chi connectivity index (χ2v) is 7.74. The fraction of sp³-hybridized carbons (Fsp3) is 0.235. The number of thioether (sulfide) groups is 1. The molecule has 0 aliphatic carbocycles. The zero-order valence-electron chi connectivity index (χ0n) is 13.8. The van der Waals surface area contributed by atoms with Crippen molar-refractivity contribution in [1.82, 2.24) is 14.5 Å². The number of anilines is 3. The number of hydrogen-bond donors (Lipinski definition) is 2. The minimum atomic E-state index is 0.0261. The van der Waals surface area contributed by atoms with Crippen LogP contribution in [0.4, 0.5) is 17.2 Å². The Morgan fingerprint density at radius 2 is 2.19 bits per heavy atom. The summed E-state index contributed by atoms with van der Waals surface area (Å²) in [6.45, 7) is 0.841. The van der Waals surface area contributed by atoms with E-state index in [2.05, 4.69) is 20.6 Å². The molecular weight excluding hydrogens is 393 g/mol. The Bertz CT molecular complexity index is 1070. The molecule has 9 heteroatoms. The van der Waals surface area contributed by atoms with Crippen molar-refractivity contribution in [2.24, 2.45) is 7.05 Å². The summed E-state index contributed by atoms with van der Waals surface area (Å²) in [5.74, 6) is 1.36. The Kier molecular flexibility index (Phi) is 4.69. The van der Waals surface area contributed by atoms with Crippen molar-refractivity contribution in [2.75, 3.05) is 22.9 Å². The van der Waals surface area contributed by atoms with E-state index in [-0.39, 0.29) is 10.8 Å². The summed E-state index contributed by atoms with van der Waals surface area (Å²) in [7, 11) is 1.80. The summed E-state index contributed by atoms with van der Waals surface area (Å²) >= 11 is 13.6. The second kappa shape index (κ2) is 6.98. The number of halogens is 2. The maximum atomic E-state index is 12.7. The third kappa shape index (κ3) is 3.11. The maximum absolute atomic E-state index is 12.7. The minimum Gasteiger partial charge on any atom is -0.383 e. The van der Waals surface area contributed by atoms with E-state index >= 15 is 0 Å². The van der Waals surface area contributed by atoms with Gasteiger partial charge in [0.2, 0.25) is 5.28 Å². The lowest BCUT2D eigenvalue weighted by atomic mass is 10.1. The molecule has 0 radical (unpaired) electrons. The Hall–Kier alpha value is -1.96. The number of aryl methyl sites for hydroxylation is 1. The normalized spacial score (nSPS) is 13.8. The van der Waals surface area contributed by atoms with E-state index in [1.165, 1.54) is 6.20 Å². The number of benzene rings is 1. The lowest BCUT2D eigenvalue weighted by Gasteiger charge is -2.16. The molecule has 3 aromatic rings. The van der Waals surface area contributed by atoms with Crippen LogP contribution in [0.5, 0.6) is 0 Å². The predicted octanol–water partition coefficient (Wildman–Crippen LogP) is 4.29. The van der Waals surface area contributed by atoms with Gasteiger partial charge in [-0.15, -0.1) is 11.8 Å². The highest BCUT2D eigenvalue weighted by Gasteiger charge is 2.18. The molecule has 0 saturated carbocycles. The first-order chi connectivity index (χ1) is 12.5. The first-order valence-corrected chi connectivity index (χ1v) is 9.77. The van der Waals surface area contributed by atoms with E-state index in [0.717, 1.165) is 45.9 Å². The molecule has 3 heterocycles. The summed E-state index contributed by atoms with van der Waals surface area (Å²) < 4.78 is 1.69. The van der Waals surface area contributed by atoms with E-state index in [4.69, 9.17) is 23.2 Å². The van der Waals surface area contributed by atoms with Crippen LogP contribution in [-0.4, -0.2) is 26.8 Å². The van der Waals surface area contributed by atoms with E-state index < -0.39 is 0 Å². The molecule has 0 spiro atoms. The number of hydrogen-bond acceptors (Lipinski definition) is 6. The average molecular weight is 408 g/mol. The summed E-state index contributed by atoms with van der Waals surface area (Å²) in [5.41, 5.74) is 2.58. The van der Waals surface area contributed by atoms with Crippen molar-refractivity contribution in [3.8, 4) is 0 Å². The molecule has 0 unspecified atom stereocenters. The van der Waals surface area contributed by atoms with Crippen molar-refractivity contribution < 1.29 is 0 Å². The standard InChI is InChI=1S/C17H15Cl2N5OS/c1-24-12-4-3-9(22-15-11(18)8-21-17(19)23-15)7-10(12)13-14(16(24)25)26-6-2-5-20-13/h3-4,7-8,20H,2,5-6H2,1H3,(H,21,22,23). The molecule has 0 bridgehead atoms. The summed E-state index contributed by atoms with van der Waals surface area (Å²) in [5, 5.41) is 8.05. The quantitative estimate of drug-likeness (QED) is 0.617. The van der Waals surface area contributed by atoms with Gasteiger partial charge in [0.15, 0.2) is 5.82 Å². The Balaban J connectivity index is 1.86. The lowest BCUT2D eigenvalue weighted by molar-refractivity contribution is 0.877. The number of pyridine rings is 1. The number of aromatic nitrogens is 3. The van der Waals surface area contributed by atoms with Crippen LogP contribution in [-0.2, 0) is 7.05 Å². The molecule has 2 aromatic heterocycles. The Morgan fingerprint density at radius 3 is 3.04 bits per heavy atom. The smallest absolute Gasteiger partial charge is 0.266 e. The van der Waals surface area contributed by atoms with E-state index in [0.29, 0.717) is 10.8 Å². The molecule has 1 aliphatic rings. The van der Waals surface area contributed by atoms with Crippen molar-refractivity contribution in [2.45, 2.75) is 11.3 Å². The van der Waals surface area contributed by atoms with Gasteiger partial charge in [-0.25, -0.2) is 4.98 Å². The van der Waals surface area contributed by atoms with Crippen LogP contribution in [0, 0.1) is 0 Å². The Labute approximate surface area is 163 Å². The highest BCUT2D eigenvalue weighted by atomic mass is 35.5. The van der Waals surface area contributed by atoms with E-state index in [1.807, 2.05) is 18.2 Å². The zero-order chi connectivity index (χ0) is 18.3. The third-order valence-corrected chi connectivity index (χ3v) is 5.82. The third-order valence-electron chi connectivity index (χ3n) is 4.20. The first kappa shape index (κ1) is 17.5. The van der Waals surface area contributed by atoms with Crippen LogP contribution in [0.15, 0.2) is 34.1 Å². The molecule has 0 amide bonds. The Morgan fingerprint density at radius 1 is 1.35 bits per heavy atom. The largest absolute Gasteiger partial charge is 0.383 e. The molecule has 0 saturated heterocycles. The van der Waals surface area contributed by atoms with Crippen LogP contribution >= 0.6 is 35.0 Å². The van der Waals surface area contributed by atoms with Gasteiger partial charge in [0.25, 0.3) is 5.56 Å². The highest BCUT2D eigenvalue weighted by molar-refractivity contribution is 7.99. The van der Waals surface area contributed by atoms with Crippen LogP contribution in [0.2, 0.25) is 10.3 Å². The van der Waals surface area contributed by atoms with Gasteiger partial charge in [0.1, 0.15) is 5.02 Å². The summed E-state index contributed by atoms with van der Waals surface area (Å²) in [6, 6.07) is 5.77. The fourth-order valence-corrected chi connectivity index (χ4v) is 4.29. The average Bonchev–Trinajstić information content (AvgIpc) is 2.89. The van der Waals surface area contributed by atoms with Crippen molar-refractivity contribution in [1.29, 1.82) is 0 Å². The zero-order valence-corrected chi connectivity index (χ0v) is 16.2. The molecule has 0 fully saturated rings. The number of nitrogens with zero attached hydrogens (tertiary/aromatic N) is 3. The van der Waals surface area contributed by atoms with Crippen LogP contribution in [0.25, 0.3) is 10.9 Å². The van der Waals surface area contributed by atoms with Crippen molar-refractivity contribution in [3.05, 3.63) is 45.1 Å². The van der Waals surface area contributed by atoms with Crippen molar-refractivity contribution >= 4 is 63.1 Å². The monoisotopic (exact) mass is 407 g/mol. The molecular formula is C17H15Cl2N5OS. The predicted molar refractivity (Wildman–Crippen MR) is 108 cm³/mol. The maximum Gasteiger partial charge on any atom is 0.266 e. The fourth-order valence-electron chi connectivity index (χ4n) is 2.94. The summed E-state index contributed by atoms with van der Waals surface area (Å²) in [6.07, 6.45) is 2.46. The minimum absolute atomic E-state index is 0.0261. The van der Waals surface area contributed by atoms with Gasteiger partial charge >= 0.3 is 0 Å². The van der Waals surface area contributed by atoms with Gasteiger partial charge in [-0.2, -0.15) is 4.98 Å². The summed E-state index contributed by atoms with van der Waals surface area (Å²) in [4.78, 5) is 21.4. The van der Waals surface area contributed by atoms with Gasteiger partial charge in [-0.3, -0.25) is 4.79 Å². The lowest BCUT2D eigenvalue weighted by Crippen LogP contribution is -2.20. The highest BCUT2D eigenvalue weighted by Crippen LogP contribution is 2.35. The molecule has 1 aromatic carbocycles. The van der Waals surface area contributed by atoms with Crippen LogP contribution in [0.3, 0.4) is 0 Å². The second-order valence-electron chi connectivity index (χ2n) is 5.89. The molecule has 4 rings (SSSR count). The van der Waals surface area contributed by atoms with Gasteiger partial charge in [-0.1, -0.05) is 11.6 Å². The van der Waals surface area contributed by atoms with Crippen LogP contribution < -0.4 is 16.2 Å². The molecule has 26 heavy (non-hydrogen) atoms. The SMILES string of the molecule is Cn1c(=O)c2c(c3cc(Nc4nc(Cl)ncc4Cl)ccc31)NCCCS2. The molecule has 0 atom stereocenters. The number of rotatable bonds is 2. The van der Waals surface area contributed by atoms with Gasteiger partial charge in [-0.05, 0) is 42.0 Å². The van der Waals surface area contributed by atoms with E-state index in [1.54, 1.807) is 23.4 Å². The van der Waals surface area contributed by atoms with E-state index in [9.17, 15) is 4.79 Å². The van der Waals surface area contributed by atoms with Gasteiger partial charge in [0.05, 0.1) is 22.3 Å². The number of fused-ring (bicyclic) bond motifs is 3. The molecule has 1 aliphatic heterocycles. The first-order valence-electron chi connectivity index (χ1n) is 8.03. The molecule has 6 nitrogen and oxygen atoms in total. The van der Waals surface area contributed by atoms with Gasteiger partial charge < -0.3 is 15.2 Å². The topological polar surface area (TPSA) is 71.8 Å². The van der Waals surface area contributed by atoms with Crippen molar-refractivity contribution in [3.63, 3.8) is 0 Å². The van der Waals surface area contributed by atoms with Crippen LogP contribution in [0.1, 0.15) is 6.42 Å².